The summed E-state index contributed by atoms with van der Waals surface area (Å²) in [5, 5.41) is 0. The molecule has 0 saturated carbocycles. The van der Waals surface area contributed by atoms with E-state index < -0.39 is 5.91 Å². The van der Waals surface area contributed by atoms with Gasteiger partial charge in [0.05, 0.1) is 5.56 Å². The molecule has 3 heteroatoms. The largest absolute Gasteiger partial charge is 0.366 e. The highest BCUT2D eigenvalue weighted by molar-refractivity contribution is 5.94. The third-order valence-electron chi connectivity index (χ3n) is 1.97. The van der Waals surface area contributed by atoms with E-state index in [1.54, 1.807) is 6.20 Å². The van der Waals surface area contributed by atoms with Crippen molar-refractivity contribution in [2.24, 2.45) is 5.73 Å². The van der Waals surface area contributed by atoms with Crippen LogP contribution in [0.2, 0.25) is 0 Å². The maximum absolute atomic E-state index is 10.9. The van der Waals surface area contributed by atoms with Gasteiger partial charge in [-0.15, -0.1) is 0 Å². The first kappa shape index (κ1) is 8.71. The highest BCUT2D eigenvalue weighted by atomic mass is 16.1. The van der Waals surface area contributed by atoms with Crippen LogP contribution in [0.25, 0.3) is 0 Å². The molecule has 0 spiro atoms. The Balaban J connectivity index is 3.23. The molecule has 0 atom stereocenters. The van der Waals surface area contributed by atoms with E-state index >= 15 is 0 Å². The lowest BCUT2D eigenvalue weighted by molar-refractivity contribution is 0.0999. The third kappa shape index (κ3) is 1.44. The number of carbonyl (C=O) groups is 1. The number of aryl methyl sites for hydroxylation is 1. The molecule has 0 unspecified atom stereocenters. The zero-order chi connectivity index (χ0) is 9.14. The standard InChI is InChI=1S/C9H12N2O/c1-3-7-4-11-5-8(6(7)2)9(10)12/h4-5H,3H2,1-2H3,(H2,10,12). The van der Waals surface area contributed by atoms with Gasteiger partial charge in [0.25, 0.3) is 5.91 Å². The molecule has 0 aromatic carbocycles. The number of carbonyl (C=O) groups excluding carboxylic acids is 1. The highest BCUT2D eigenvalue weighted by Gasteiger charge is 2.07. The monoisotopic (exact) mass is 164 g/mol. The molecular weight excluding hydrogens is 152 g/mol. The van der Waals surface area contributed by atoms with Crippen molar-refractivity contribution >= 4 is 5.91 Å². The zero-order valence-corrected chi connectivity index (χ0v) is 7.29. The summed E-state index contributed by atoms with van der Waals surface area (Å²) in [4.78, 5) is 14.8. The van der Waals surface area contributed by atoms with Crippen molar-refractivity contribution in [3.8, 4) is 0 Å². The maximum atomic E-state index is 10.9. The molecule has 1 aromatic rings. The predicted octanol–water partition coefficient (Wildman–Crippen LogP) is 1.05. The van der Waals surface area contributed by atoms with E-state index in [2.05, 4.69) is 4.98 Å². The van der Waals surface area contributed by atoms with Gasteiger partial charge >= 0.3 is 0 Å². The van der Waals surface area contributed by atoms with E-state index in [4.69, 9.17) is 5.73 Å². The average Bonchev–Trinajstić information content (AvgIpc) is 2.04. The van der Waals surface area contributed by atoms with Gasteiger partial charge in [-0.3, -0.25) is 9.78 Å². The Bertz CT molecular complexity index is 307. The molecule has 1 aromatic heterocycles. The molecule has 0 bridgehead atoms. The number of hydrogen-bond donors (Lipinski definition) is 1. The van der Waals surface area contributed by atoms with Crippen LogP contribution in [-0.2, 0) is 6.42 Å². The molecule has 1 heterocycles. The fourth-order valence-electron chi connectivity index (χ4n) is 1.17. The third-order valence-corrected chi connectivity index (χ3v) is 1.97. The van der Waals surface area contributed by atoms with Gasteiger partial charge in [-0.05, 0) is 24.5 Å². The Morgan fingerprint density at radius 2 is 2.25 bits per heavy atom. The van der Waals surface area contributed by atoms with Crippen LogP contribution < -0.4 is 5.73 Å². The van der Waals surface area contributed by atoms with Crippen LogP contribution in [0.3, 0.4) is 0 Å². The van der Waals surface area contributed by atoms with Crippen LogP contribution in [0.5, 0.6) is 0 Å². The molecule has 1 amide bonds. The van der Waals surface area contributed by atoms with Crippen LogP contribution >= 0.6 is 0 Å². The molecule has 0 saturated heterocycles. The second kappa shape index (κ2) is 3.34. The van der Waals surface area contributed by atoms with E-state index in [1.165, 1.54) is 6.20 Å². The van der Waals surface area contributed by atoms with Gasteiger partial charge in [-0.2, -0.15) is 0 Å². The molecule has 0 aliphatic carbocycles. The van der Waals surface area contributed by atoms with Crippen LogP contribution in [-0.4, -0.2) is 10.9 Å². The highest BCUT2D eigenvalue weighted by Crippen LogP contribution is 2.11. The van der Waals surface area contributed by atoms with Gasteiger partial charge in [-0.1, -0.05) is 6.92 Å². The van der Waals surface area contributed by atoms with E-state index in [9.17, 15) is 4.79 Å². The fraction of sp³-hybridized carbons (Fsp3) is 0.333. The van der Waals surface area contributed by atoms with Crippen molar-refractivity contribution in [2.45, 2.75) is 20.3 Å². The van der Waals surface area contributed by atoms with Crippen LogP contribution in [0.1, 0.15) is 28.4 Å². The first-order valence-corrected chi connectivity index (χ1v) is 3.90. The van der Waals surface area contributed by atoms with Crippen molar-refractivity contribution < 1.29 is 4.79 Å². The molecule has 64 valence electrons. The first-order chi connectivity index (χ1) is 5.66. The number of amides is 1. The van der Waals surface area contributed by atoms with E-state index in [0.29, 0.717) is 5.56 Å². The normalized spacial score (nSPS) is 9.83. The Kier molecular flexibility index (Phi) is 2.43. The van der Waals surface area contributed by atoms with E-state index in [1.807, 2.05) is 13.8 Å². The number of hydrogen-bond acceptors (Lipinski definition) is 2. The van der Waals surface area contributed by atoms with Gasteiger partial charge in [0.1, 0.15) is 0 Å². The Morgan fingerprint density at radius 1 is 1.58 bits per heavy atom. The topological polar surface area (TPSA) is 56.0 Å². The summed E-state index contributed by atoms with van der Waals surface area (Å²) in [5.41, 5.74) is 7.70. The molecule has 3 nitrogen and oxygen atoms in total. The Hall–Kier alpha value is -1.38. The lowest BCUT2D eigenvalue weighted by atomic mass is 10.0. The predicted molar refractivity (Wildman–Crippen MR) is 46.9 cm³/mol. The number of primary amides is 1. The van der Waals surface area contributed by atoms with Gasteiger partial charge in [0.15, 0.2) is 0 Å². The minimum Gasteiger partial charge on any atom is -0.366 e. The summed E-state index contributed by atoms with van der Waals surface area (Å²) in [6.07, 6.45) is 4.15. The second-order valence-corrected chi connectivity index (χ2v) is 2.69. The first-order valence-electron chi connectivity index (χ1n) is 3.90. The fourth-order valence-corrected chi connectivity index (χ4v) is 1.17. The molecule has 2 N–H and O–H groups in total. The maximum Gasteiger partial charge on any atom is 0.250 e. The molecule has 0 aliphatic rings. The second-order valence-electron chi connectivity index (χ2n) is 2.69. The summed E-state index contributed by atoms with van der Waals surface area (Å²) in [5.74, 6) is -0.407. The quantitative estimate of drug-likeness (QED) is 0.710. The van der Waals surface area contributed by atoms with Crippen LogP contribution in [0, 0.1) is 6.92 Å². The summed E-state index contributed by atoms with van der Waals surface area (Å²) in [6, 6.07) is 0. The number of nitrogens with zero attached hydrogens (tertiary/aromatic N) is 1. The lowest BCUT2D eigenvalue weighted by Gasteiger charge is -2.04. The van der Waals surface area contributed by atoms with E-state index in [0.717, 1.165) is 17.5 Å². The minimum atomic E-state index is -0.407. The zero-order valence-electron chi connectivity index (χ0n) is 7.29. The van der Waals surface area contributed by atoms with Gasteiger partial charge in [0, 0.05) is 12.4 Å². The smallest absolute Gasteiger partial charge is 0.250 e. The molecule has 0 fully saturated rings. The van der Waals surface area contributed by atoms with Crippen LogP contribution in [0.15, 0.2) is 12.4 Å². The van der Waals surface area contributed by atoms with Crippen LogP contribution in [0.4, 0.5) is 0 Å². The van der Waals surface area contributed by atoms with Gasteiger partial charge in [0.2, 0.25) is 0 Å². The Labute approximate surface area is 71.6 Å². The minimum absolute atomic E-state index is 0.407. The summed E-state index contributed by atoms with van der Waals surface area (Å²) in [7, 11) is 0. The van der Waals surface area contributed by atoms with E-state index in [-0.39, 0.29) is 0 Å². The molecule has 0 aliphatic heterocycles. The molecule has 12 heavy (non-hydrogen) atoms. The van der Waals surface area contributed by atoms with Crippen molar-refractivity contribution in [3.63, 3.8) is 0 Å². The van der Waals surface area contributed by atoms with Gasteiger partial charge < -0.3 is 5.73 Å². The Morgan fingerprint density at radius 3 is 2.75 bits per heavy atom. The SMILES string of the molecule is CCc1cncc(C(N)=O)c1C. The molecule has 1 rings (SSSR count). The average molecular weight is 164 g/mol. The number of aromatic nitrogens is 1. The molecule has 0 radical (unpaired) electrons. The summed E-state index contributed by atoms with van der Waals surface area (Å²) < 4.78 is 0. The molecular formula is C9H12N2O. The van der Waals surface area contributed by atoms with Crippen molar-refractivity contribution in [1.29, 1.82) is 0 Å². The van der Waals surface area contributed by atoms with Crippen molar-refractivity contribution in [2.75, 3.05) is 0 Å². The van der Waals surface area contributed by atoms with Gasteiger partial charge in [-0.25, -0.2) is 0 Å². The number of rotatable bonds is 2. The van der Waals surface area contributed by atoms with Crippen molar-refractivity contribution in [1.82, 2.24) is 4.98 Å². The summed E-state index contributed by atoms with van der Waals surface area (Å²) >= 11 is 0. The summed E-state index contributed by atoms with van der Waals surface area (Å²) in [6.45, 7) is 3.91. The lowest BCUT2D eigenvalue weighted by Crippen LogP contribution is -2.14. The van der Waals surface area contributed by atoms with Crippen molar-refractivity contribution in [3.05, 3.63) is 29.1 Å². The number of pyridine rings is 1. The number of nitrogens with two attached hydrogens (primary N) is 1.